The van der Waals surface area contributed by atoms with Crippen LogP contribution in [0.4, 0.5) is 0 Å². The molecule has 1 N–H and O–H groups in total. The van der Waals surface area contributed by atoms with Gasteiger partial charge in [0, 0.05) is 25.2 Å². The van der Waals surface area contributed by atoms with E-state index in [0.717, 1.165) is 25.6 Å². The summed E-state index contributed by atoms with van der Waals surface area (Å²) >= 11 is 0. The van der Waals surface area contributed by atoms with Gasteiger partial charge < -0.3 is 10.2 Å². The van der Waals surface area contributed by atoms with Crippen LogP contribution >= 0.6 is 0 Å². The molecule has 0 spiro atoms. The minimum atomic E-state index is -2.73. The Labute approximate surface area is 91.9 Å². The molecule has 1 heterocycles. The van der Waals surface area contributed by atoms with Gasteiger partial charge in [-0.05, 0) is 26.3 Å². The van der Waals surface area contributed by atoms with Crippen LogP contribution in [0.3, 0.4) is 0 Å². The van der Waals surface area contributed by atoms with Crippen LogP contribution in [0.1, 0.15) is 19.3 Å². The topological polar surface area (TPSA) is 49.4 Å². The molecule has 5 heteroatoms. The fraction of sp³-hybridized carbons (Fsp3) is 1.00. The Morgan fingerprint density at radius 1 is 1.33 bits per heavy atom. The fourth-order valence-corrected chi connectivity index (χ4v) is 3.84. The van der Waals surface area contributed by atoms with Crippen LogP contribution < -0.4 is 5.32 Å². The summed E-state index contributed by atoms with van der Waals surface area (Å²) in [5.41, 5.74) is 0. The summed E-state index contributed by atoms with van der Waals surface area (Å²) in [4.78, 5) is 2.18. The molecular formula is C10H20N2O2S. The molecule has 4 nitrogen and oxygen atoms in total. The lowest BCUT2D eigenvalue weighted by atomic mass is 10.2. The standard InChI is InChI=1S/C10H20N2O2S/c1-12(6-5-11-9-2-3-9)10-4-7-15(13,14)8-10/h9-11H,2-8H2,1H3. The number of hydrogen-bond donors (Lipinski definition) is 1. The molecule has 1 saturated carbocycles. The fourth-order valence-electron chi connectivity index (χ4n) is 2.04. The maximum absolute atomic E-state index is 11.3. The van der Waals surface area contributed by atoms with E-state index in [2.05, 4.69) is 10.2 Å². The van der Waals surface area contributed by atoms with Crippen molar-refractivity contribution in [1.29, 1.82) is 0 Å². The lowest BCUT2D eigenvalue weighted by Crippen LogP contribution is -2.38. The van der Waals surface area contributed by atoms with Crippen molar-refractivity contribution in [3.63, 3.8) is 0 Å². The highest BCUT2D eigenvalue weighted by molar-refractivity contribution is 7.91. The van der Waals surface area contributed by atoms with Crippen molar-refractivity contribution in [3.8, 4) is 0 Å². The van der Waals surface area contributed by atoms with Crippen LogP contribution in [0, 0.1) is 0 Å². The minimum absolute atomic E-state index is 0.246. The Kier molecular flexibility index (Phi) is 3.33. The molecule has 1 aliphatic carbocycles. The number of hydrogen-bond acceptors (Lipinski definition) is 4. The summed E-state index contributed by atoms with van der Waals surface area (Å²) in [6.45, 7) is 1.94. The third-order valence-electron chi connectivity index (χ3n) is 3.31. The summed E-state index contributed by atoms with van der Waals surface area (Å²) in [7, 11) is -0.704. The summed E-state index contributed by atoms with van der Waals surface area (Å²) in [6.07, 6.45) is 3.42. The molecule has 2 aliphatic rings. The zero-order chi connectivity index (χ0) is 10.9. The molecule has 2 fully saturated rings. The van der Waals surface area contributed by atoms with Gasteiger partial charge in [-0.3, -0.25) is 0 Å². The average Bonchev–Trinajstić information content (AvgIpc) is 2.90. The molecule has 0 bridgehead atoms. The van der Waals surface area contributed by atoms with E-state index < -0.39 is 9.84 Å². The van der Waals surface area contributed by atoms with Crippen LogP contribution in [-0.4, -0.2) is 57.0 Å². The highest BCUT2D eigenvalue weighted by Crippen LogP contribution is 2.19. The van der Waals surface area contributed by atoms with Gasteiger partial charge in [-0.2, -0.15) is 0 Å². The summed E-state index contributed by atoms with van der Waals surface area (Å²) in [6, 6.07) is 0.988. The van der Waals surface area contributed by atoms with Crippen LogP contribution in [0.5, 0.6) is 0 Å². The van der Waals surface area contributed by atoms with E-state index in [4.69, 9.17) is 0 Å². The lowest BCUT2D eigenvalue weighted by Gasteiger charge is -2.22. The predicted molar refractivity (Wildman–Crippen MR) is 60.7 cm³/mol. The second kappa shape index (κ2) is 4.39. The van der Waals surface area contributed by atoms with Crippen molar-refractivity contribution in [1.82, 2.24) is 10.2 Å². The van der Waals surface area contributed by atoms with Gasteiger partial charge in [-0.25, -0.2) is 8.42 Å². The molecule has 0 aromatic rings. The molecule has 0 aromatic heterocycles. The van der Waals surface area contributed by atoms with Crippen molar-refractivity contribution in [2.75, 3.05) is 31.6 Å². The van der Waals surface area contributed by atoms with E-state index in [1.165, 1.54) is 12.8 Å². The number of likely N-dealkylation sites (N-methyl/N-ethyl adjacent to an activating group) is 1. The van der Waals surface area contributed by atoms with Crippen LogP contribution in [-0.2, 0) is 9.84 Å². The van der Waals surface area contributed by atoms with Gasteiger partial charge in [-0.15, -0.1) is 0 Å². The van der Waals surface area contributed by atoms with E-state index in [9.17, 15) is 8.42 Å². The van der Waals surface area contributed by atoms with E-state index in [1.54, 1.807) is 0 Å². The Hall–Kier alpha value is -0.130. The first kappa shape index (κ1) is 11.4. The normalized spacial score (nSPS) is 29.9. The van der Waals surface area contributed by atoms with Crippen molar-refractivity contribution >= 4 is 9.84 Å². The molecule has 1 aliphatic heterocycles. The molecule has 0 radical (unpaired) electrons. The van der Waals surface area contributed by atoms with Crippen LogP contribution in [0.15, 0.2) is 0 Å². The lowest BCUT2D eigenvalue weighted by molar-refractivity contribution is 0.261. The quantitative estimate of drug-likeness (QED) is 0.716. The van der Waals surface area contributed by atoms with Gasteiger partial charge in [0.2, 0.25) is 0 Å². The third-order valence-corrected chi connectivity index (χ3v) is 5.06. The monoisotopic (exact) mass is 232 g/mol. The first-order valence-electron chi connectivity index (χ1n) is 5.71. The number of nitrogens with one attached hydrogen (secondary N) is 1. The second-order valence-electron chi connectivity index (χ2n) is 4.77. The Morgan fingerprint density at radius 2 is 2.07 bits per heavy atom. The third kappa shape index (κ3) is 3.43. The molecule has 2 rings (SSSR count). The average molecular weight is 232 g/mol. The van der Waals surface area contributed by atoms with Crippen molar-refractivity contribution in [2.45, 2.75) is 31.3 Å². The van der Waals surface area contributed by atoms with Gasteiger partial charge in [-0.1, -0.05) is 0 Å². The zero-order valence-corrected chi connectivity index (χ0v) is 10.1. The summed E-state index contributed by atoms with van der Waals surface area (Å²) in [5, 5.41) is 3.44. The smallest absolute Gasteiger partial charge is 0.151 e. The Bertz CT molecular complexity index is 311. The van der Waals surface area contributed by atoms with Crippen molar-refractivity contribution in [3.05, 3.63) is 0 Å². The molecular weight excluding hydrogens is 212 g/mol. The molecule has 1 unspecified atom stereocenters. The van der Waals surface area contributed by atoms with Crippen molar-refractivity contribution in [2.24, 2.45) is 0 Å². The summed E-state index contributed by atoms with van der Waals surface area (Å²) < 4.78 is 22.6. The van der Waals surface area contributed by atoms with E-state index in [0.29, 0.717) is 11.5 Å². The zero-order valence-electron chi connectivity index (χ0n) is 9.28. The molecule has 1 atom stereocenters. The number of nitrogens with zero attached hydrogens (tertiary/aromatic N) is 1. The minimum Gasteiger partial charge on any atom is -0.313 e. The highest BCUT2D eigenvalue weighted by Gasteiger charge is 2.30. The van der Waals surface area contributed by atoms with Crippen LogP contribution in [0.2, 0.25) is 0 Å². The second-order valence-corrected chi connectivity index (χ2v) is 6.99. The number of sulfone groups is 1. The molecule has 0 aromatic carbocycles. The summed E-state index contributed by atoms with van der Waals surface area (Å²) in [5.74, 6) is 0.727. The van der Waals surface area contributed by atoms with E-state index in [1.807, 2.05) is 7.05 Å². The maximum Gasteiger partial charge on any atom is 0.151 e. The maximum atomic E-state index is 11.3. The first-order chi connectivity index (χ1) is 7.07. The van der Waals surface area contributed by atoms with E-state index >= 15 is 0 Å². The number of rotatable bonds is 5. The molecule has 88 valence electrons. The predicted octanol–water partition coefficient (Wildman–Crippen LogP) is -0.143. The van der Waals surface area contributed by atoms with Gasteiger partial charge in [0.05, 0.1) is 11.5 Å². The largest absolute Gasteiger partial charge is 0.313 e. The van der Waals surface area contributed by atoms with Crippen molar-refractivity contribution < 1.29 is 8.42 Å². The van der Waals surface area contributed by atoms with Crippen LogP contribution in [0.25, 0.3) is 0 Å². The Morgan fingerprint density at radius 3 is 2.60 bits per heavy atom. The Balaban J connectivity index is 1.68. The van der Waals surface area contributed by atoms with Gasteiger partial charge in [0.15, 0.2) is 9.84 Å². The van der Waals surface area contributed by atoms with E-state index in [-0.39, 0.29) is 6.04 Å². The van der Waals surface area contributed by atoms with Gasteiger partial charge in [0.25, 0.3) is 0 Å². The SMILES string of the molecule is CN(CCNC1CC1)C1CCS(=O)(=O)C1. The van der Waals surface area contributed by atoms with Gasteiger partial charge >= 0.3 is 0 Å². The molecule has 0 amide bonds. The van der Waals surface area contributed by atoms with Gasteiger partial charge in [0.1, 0.15) is 0 Å². The highest BCUT2D eigenvalue weighted by atomic mass is 32.2. The molecule has 15 heavy (non-hydrogen) atoms. The molecule has 1 saturated heterocycles. The first-order valence-corrected chi connectivity index (χ1v) is 7.53.